The zero-order valence-corrected chi connectivity index (χ0v) is 17.0. The predicted octanol–water partition coefficient (Wildman–Crippen LogP) is 1.11. The van der Waals surface area contributed by atoms with Crippen LogP contribution in [0.3, 0.4) is 0 Å². The number of carboxylic acid groups (broad SMARTS) is 2. The van der Waals surface area contributed by atoms with Crippen molar-refractivity contribution < 1.29 is 40.9 Å². The minimum Gasteiger partial charge on any atom is -0.481 e. The number of nitrogens with zero attached hydrogens (tertiary/aromatic N) is 1. The normalized spacial score (nSPS) is 19.6. The number of carbonyl (C=O) groups is 2. The van der Waals surface area contributed by atoms with Gasteiger partial charge in [-0.15, -0.1) is 0 Å². The number of hydrogen-bond donors (Lipinski definition) is 4. The molecule has 0 aromatic heterocycles. The Morgan fingerprint density at radius 2 is 1.50 bits per heavy atom. The van der Waals surface area contributed by atoms with E-state index in [1.54, 1.807) is 0 Å². The molecule has 1 saturated carbocycles. The molecule has 0 unspecified atom stereocenters. The first-order chi connectivity index (χ1) is 10.8. The maximum atomic E-state index is 10.6. The second-order valence-electron chi connectivity index (χ2n) is 6.01. The third-order valence-electron chi connectivity index (χ3n) is 4.33. The molecule has 1 aliphatic carbocycles. The standard InChI is InChI=1S/C11H21NO4.C5H12N2.Pt/c1-3-12(4-2)8-6-5-7-9(10(13)14)11(15)16;6-4-2-1-3-5(4)7;/h9H,3-8H2,1-2H3,(H,13,14)(H,15,16);4-5H,1-3,6-7H2;/t;4-,5-;/m.1./s1. The molecule has 6 N–H and O–H groups in total. The van der Waals surface area contributed by atoms with E-state index in [1.165, 1.54) is 6.42 Å². The van der Waals surface area contributed by atoms with E-state index in [9.17, 15) is 9.59 Å². The average molecular weight is 527 g/mol. The fourth-order valence-electron chi connectivity index (χ4n) is 2.59. The number of aliphatic carboxylic acids is 2. The molecule has 0 amide bonds. The van der Waals surface area contributed by atoms with E-state index in [0.29, 0.717) is 18.5 Å². The van der Waals surface area contributed by atoms with Gasteiger partial charge in [-0.25, -0.2) is 0 Å². The minimum absolute atomic E-state index is 0. The van der Waals surface area contributed by atoms with Crippen molar-refractivity contribution in [1.29, 1.82) is 0 Å². The summed E-state index contributed by atoms with van der Waals surface area (Å²) in [5.74, 6) is -3.73. The van der Waals surface area contributed by atoms with Crippen LogP contribution in [0.25, 0.3) is 0 Å². The summed E-state index contributed by atoms with van der Waals surface area (Å²) in [6.07, 6.45) is 5.18. The Kier molecular flexibility index (Phi) is 15.9. The van der Waals surface area contributed by atoms with E-state index in [4.69, 9.17) is 21.7 Å². The largest absolute Gasteiger partial charge is 0.481 e. The molecule has 8 heteroatoms. The maximum absolute atomic E-state index is 10.6. The Labute approximate surface area is 159 Å². The number of hydrogen-bond acceptors (Lipinski definition) is 5. The molecule has 1 aliphatic rings. The summed E-state index contributed by atoms with van der Waals surface area (Å²) in [4.78, 5) is 23.4. The number of rotatable bonds is 9. The third kappa shape index (κ3) is 11.1. The van der Waals surface area contributed by atoms with Gasteiger partial charge in [0.15, 0.2) is 5.92 Å². The van der Waals surface area contributed by atoms with Crippen molar-refractivity contribution in [3.63, 3.8) is 0 Å². The van der Waals surface area contributed by atoms with Gasteiger partial charge in [-0.05, 0) is 45.3 Å². The Morgan fingerprint density at radius 1 is 1.04 bits per heavy atom. The van der Waals surface area contributed by atoms with Crippen LogP contribution in [0.2, 0.25) is 0 Å². The zero-order chi connectivity index (χ0) is 17.8. The van der Waals surface area contributed by atoms with Gasteiger partial charge >= 0.3 is 11.9 Å². The van der Waals surface area contributed by atoms with Crippen LogP contribution in [0.4, 0.5) is 0 Å². The molecular formula is C16H33N3O4Pt. The molecule has 0 aromatic carbocycles. The van der Waals surface area contributed by atoms with Crippen molar-refractivity contribution in [2.24, 2.45) is 17.4 Å². The first-order valence-corrected chi connectivity index (χ1v) is 8.52. The average Bonchev–Trinajstić information content (AvgIpc) is 2.86. The molecule has 7 nitrogen and oxygen atoms in total. The second-order valence-corrected chi connectivity index (χ2v) is 6.01. The number of carboxylic acids is 2. The van der Waals surface area contributed by atoms with Gasteiger partial charge in [0.2, 0.25) is 0 Å². The molecule has 0 aliphatic heterocycles. The Balaban J connectivity index is 0. The van der Waals surface area contributed by atoms with E-state index in [2.05, 4.69) is 18.7 Å². The van der Waals surface area contributed by atoms with Gasteiger partial charge in [-0.3, -0.25) is 9.59 Å². The fraction of sp³-hybridized carbons (Fsp3) is 0.875. The molecule has 1 rings (SSSR count). The topological polar surface area (TPSA) is 130 Å². The van der Waals surface area contributed by atoms with Crippen molar-refractivity contribution >= 4 is 11.9 Å². The van der Waals surface area contributed by atoms with Crippen LogP contribution in [0.15, 0.2) is 0 Å². The van der Waals surface area contributed by atoms with Gasteiger partial charge < -0.3 is 26.6 Å². The van der Waals surface area contributed by atoms with Crippen LogP contribution in [-0.2, 0) is 30.7 Å². The van der Waals surface area contributed by atoms with E-state index in [1.807, 2.05) is 0 Å². The fourth-order valence-corrected chi connectivity index (χ4v) is 2.59. The molecule has 0 heterocycles. The summed E-state index contributed by atoms with van der Waals surface area (Å²) in [6.45, 7) is 6.98. The Morgan fingerprint density at radius 3 is 1.79 bits per heavy atom. The molecule has 0 aromatic rings. The monoisotopic (exact) mass is 526 g/mol. The maximum Gasteiger partial charge on any atom is 0.317 e. The summed E-state index contributed by atoms with van der Waals surface area (Å²) >= 11 is 0. The van der Waals surface area contributed by atoms with E-state index < -0.39 is 17.9 Å². The molecule has 146 valence electrons. The van der Waals surface area contributed by atoms with Crippen LogP contribution in [0.5, 0.6) is 0 Å². The van der Waals surface area contributed by atoms with Crippen molar-refractivity contribution in [2.75, 3.05) is 19.6 Å². The molecule has 0 saturated heterocycles. The summed E-state index contributed by atoms with van der Waals surface area (Å²) in [6, 6.07) is 0.583. The first-order valence-electron chi connectivity index (χ1n) is 8.52. The van der Waals surface area contributed by atoms with Crippen molar-refractivity contribution in [2.45, 2.75) is 64.5 Å². The van der Waals surface area contributed by atoms with Crippen LogP contribution < -0.4 is 11.5 Å². The van der Waals surface area contributed by atoms with Crippen LogP contribution >= 0.6 is 0 Å². The summed E-state index contributed by atoms with van der Waals surface area (Å²) in [5.41, 5.74) is 11.1. The molecule has 0 radical (unpaired) electrons. The van der Waals surface area contributed by atoms with Crippen molar-refractivity contribution in [3.05, 3.63) is 0 Å². The summed E-state index contributed by atoms with van der Waals surface area (Å²) < 4.78 is 0. The SMILES string of the molecule is CCN(CC)CCCCC(C(=O)O)C(=O)O.N[C@@H]1CCC[C@H]1N.[Pt]. The number of unbranched alkanes of at least 4 members (excludes halogenated alkanes) is 1. The Bertz CT molecular complexity index is 332. The smallest absolute Gasteiger partial charge is 0.317 e. The molecule has 1 fully saturated rings. The molecule has 2 atom stereocenters. The molecule has 0 spiro atoms. The van der Waals surface area contributed by atoms with Crippen LogP contribution in [0.1, 0.15) is 52.4 Å². The van der Waals surface area contributed by atoms with E-state index in [-0.39, 0.29) is 27.5 Å². The van der Waals surface area contributed by atoms with E-state index in [0.717, 1.165) is 38.9 Å². The molecule has 0 bridgehead atoms. The van der Waals surface area contributed by atoms with Gasteiger partial charge in [0, 0.05) is 33.1 Å². The van der Waals surface area contributed by atoms with Crippen molar-refractivity contribution in [1.82, 2.24) is 4.90 Å². The molecule has 24 heavy (non-hydrogen) atoms. The molecular weight excluding hydrogens is 493 g/mol. The predicted molar refractivity (Wildman–Crippen MR) is 90.2 cm³/mol. The quantitative estimate of drug-likeness (QED) is 0.262. The third-order valence-corrected chi connectivity index (χ3v) is 4.33. The summed E-state index contributed by atoms with van der Waals surface area (Å²) in [7, 11) is 0. The van der Waals surface area contributed by atoms with Gasteiger partial charge in [0.05, 0.1) is 0 Å². The summed E-state index contributed by atoms with van der Waals surface area (Å²) in [5, 5.41) is 17.3. The number of nitrogens with two attached hydrogens (primary N) is 2. The van der Waals surface area contributed by atoms with Gasteiger partial charge in [0.1, 0.15) is 0 Å². The zero-order valence-electron chi connectivity index (χ0n) is 14.7. The second kappa shape index (κ2) is 14.8. The van der Waals surface area contributed by atoms with Crippen molar-refractivity contribution in [3.8, 4) is 0 Å². The minimum atomic E-state index is -1.25. The van der Waals surface area contributed by atoms with E-state index >= 15 is 0 Å². The van der Waals surface area contributed by atoms with Crippen LogP contribution in [-0.4, -0.2) is 58.8 Å². The van der Waals surface area contributed by atoms with Crippen LogP contribution in [0, 0.1) is 5.92 Å². The van der Waals surface area contributed by atoms with Gasteiger partial charge in [-0.2, -0.15) is 0 Å². The van der Waals surface area contributed by atoms with Gasteiger partial charge in [-0.1, -0.05) is 26.7 Å². The Hall–Kier alpha value is -0.492. The van der Waals surface area contributed by atoms with Gasteiger partial charge in [0.25, 0.3) is 0 Å². The first kappa shape index (κ1) is 25.7.